The van der Waals surface area contributed by atoms with Crippen molar-refractivity contribution >= 4 is 0 Å². The van der Waals surface area contributed by atoms with Crippen molar-refractivity contribution in [3.8, 4) is 0 Å². The second kappa shape index (κ2) is 7.39. The van der Waals surface area contributed by atoms with Crippen LogP contribution in [0.25, 0.3) is 0 Å². The lowest BCUT2D eigenvalue weighted by atomic mass is 9.96. The Balaban J connectivity index is 2.01. The molecule has 1 fully saturated rings. The number of nitrogens with zero attached hydrogens (tertiary/aromatic N) is 1. The first kappa shape index (κ1) is 16.5. The van der Waals surface area contributed by atoms with Gasteiger partial charge in [0.25, 0.3) is 0 Å². The lowest BCUT2D eigenvalue weighted by Crippen LogP contribution is -2.35. The normalized spacial score (nSPS) is 21.1. The van der Waals surface area contributed by atoms with Gasteiger partial charge in [0.15, 0.2) is 0 Å². The quantitative estimate of drug-likeness (QED) is 0.873. The minimum absolute atomic E-state index is 0.174. The van der Waals surface area contributed by atoms with Crippen molar-refractivity contribution in [3.05, 3.63) is 34.9 Å². The van der Waals surface area contributed by atoms with Gasteiger partial charge in [-0.05, 0) is 63.8 Å². The topological polar surface area (TPSA) is 32.7 Å². The second-order valence-electron chi connectivity index (χ2n) is 6.48. The van der Waals surface area contributed by atoms with Crippen LogP contribution < -0.4 is 0 Å². The molecule has 0 aromatic heterocycles. The van der Waals surface area contributed by atoms with Crippen molar-refractivity contribution in [2.45, 2.75) is 58.8 Å². The van der Waals surface area contributed by atoms with Crippen LogP contribution in [0.2, 0.25) is 0 Å². The van der Waals surface area contributed by atoms with E-state index >= 15 is 0 Å². The van der Waals surface area contributed by atoms with E-state index in [1.54, 1.807) is 0 Å². The Labute approximate surface area is 128 Å². The average molecular weight is 291 g/mol. The van der Waals surface area contributed by atoms with Crippen LogP contribution in [-0.2, 0) is 4.74 Å². The molecule has 2 unspecified atom stereocenters. The minimum Gasteiger partial charge on any atom is -0.389 e. The Bertz CT molecular complexity index is 459. The Morgan fingerprint density at radius 3 is 2.81 bits per heavy atom. The summed E-state index contributed by atoms with van der Waals surface area (Å²) in [6.07, 6.45) is 2.16. The average Bonchev–Trinajstić information content (AvgIpc) is 2.87. The summed E-state index contributed by atoms with van der Waals surface area (Å²) in [5.41, 5.74) is 4.16. The van der Waals surface area contributed by atoms with Crippen LogP contribution in [0.3, 0.4) is 0 Å². The van der Waals surface area contributed by atoms with Crippen molar-refractivity contribution in [2.24, 2.45) is 0 Å². The van der Waals surface area contributed by atoms with Crippen LogP contribution in [0.5, 0.6) is 0 Å². The number of likely N-dealkylation sites (tertiary alicyclic amines) is 1. The summed E-state index contributed by atoms with van der Waals surface area (Å²) in [6, 6.07) is 7.00. The molecule has 3 nitrogen and oxygen atoms in total. The molecule has 0 radical (unpaired) electrons. The molecular weight excluding hydrogens is 262 g/mol. The molecule has 21 heavy (non-hydrogen) atoms. The van der Waals surface area contributed by atoms with Crippen LogP contribution in [0, 0.1) is 13.8 Å². The highest BCUT2D eigenvalue weighted by atomic mass is 16.5. The van der Waals surface area contributed by atoms with Crippen LogP contribution in [0.1, 0.15) is 49.4 Å². The molecule has 0 amide bonds. The Kier molecular flexibility index (Phi) is 5.80. The zero-order valence-corrected chi connectivity index (χ0v) is 13.8. The summed E-state index contributed by atoms with van der Waals surface area (Å²) in [5, 5.41) is 10.2. The monoisotopic (exact) mass is 291 g/mol. The number of benzene rings is 1. The Morgan fingerprint density at radius 1 is 1.33 bits per heavy atom. The molecule has 2 rings (SSSR count). The lowest BCUT2D eigenvalue weighted by Gasteiger charge is -2.28. The van der Waals surface area contributed by atoms with E-state index in [2.05, 4.69) is 36.9 Å². The summed E-state index contributed by atoms with van der Waals surface area (Å²) in [7, 11) is 0. The van der Waals surface area contributed by atoms with Gasteiger partial charge in [-0.3, -0.25) is 4.90 Å². The van der Waals surface area contributed by atoms with Crippen molar-refractivity contribution in [1.82, 2.24) is 4.90 Å². The number of ether oxygens (including phenoxy) is 1. The molecular formula is C18H29NO2. The molecule has 2 atom stereocenters. The first-order chi connectivity index (χ1) is 9.99. The highest BCUT2D eigenvalue weighted by Crippen LogP contribution is 2.34. The summed E-state index contributed by atoms with van der Waals surface area (Å²) in [6.45, 7) is 10.6. The maximum atomic E-state index is 10.2. The number of aliphatic hydroxyl groups is 1. The maximum Gasteiger partial charge on any atom is 0.0900 e. The van der Waals surface area contributed by atoms with E-state index in [1.807, 2.05) is 13.8 Å². The second-order valence-corrected chi connectivity index (χ2v) is 6.48. The first-order valence-electron chi connectivity index (χ1n) is 8.09. The summed E-state index contributed by atoms with van der Waals surface area (Å²) in [5.74, 6) is 0. The smallest absolute Gasteiger partial charge is 0.0900 e. The fourth-order valence-electron chi connectivity index (χ4n) is 3.16. The van der Waals surface area contributed by atoms with Crippen LogP contribution in [-0.4, -0.2) is 41.9 Å². The molecule has 3 heteroatoms. The van der Waals surface area contributed by atoms with Gasteiger partial charge >= 0.3 is 0 Å². The zero-order chi connectivity index (χ0) is 15.4. The molecule has 1 N–H and O–H groups in total. The van der Waals surface area contributed by atoms with Gasteiger partial charge in [-0.15, -0.1) is 0 Å². The fourth-order valence-corrected chi connectivity index (χ4v) is 3.16. The highest BCUT2D eigenvalue weighted by molar-refractivity contribution is 5.35. The van der Waals surface area contributed by atoms with Gasteiger partial charge in [0.2, 0.25) is 0 Å². The highest BCUT2D eigenvalue weighted by Gasteiger charge is 2.28. The number of hydrogen-bond acceptors (Lipinski definition) is 3. The van der Waals surface area contributed by atoms with Gasteiger partial charge in [-0.2, -0.15) is 0 Å². The van der Waals surface area contributed by atoms with Gasteiger partial charge in [0, 0.05) is 12.6 Å². The molecule has 118 valence electrons. The van der Waals surface area contributed by atoms with E-state index in [0.717, 1.165) is 6.54 Å². The third-order valence-electron chi connectivity index (χ3n) is 4.44. The van der Waals surface area contributed by atoms with Crippen LogP contribution in [0.15, 0.2) is 18.2 Å². The predicted molar refractivity (Wildman–Crippen MR) is 86.6 cm³/mol. The van der Waals surface area contributed by atoms with E-state index in [1.165, 1.54) is 29.5 Å². The molecule has 1 saturated heterocycles. The van der Waals surface area contributed by atoms with Gasteiger partial charge in [-0.1, -0.05) is 18.2 Å². The van der Waals surface area contributed by atoms with E-state index in [9.17, 15) is 5.11 Å². The predicted octanol–water partition coefficient (Wildman–Crippen LogP) is 3.23. The third kappa shape index (κ3) is 4.29. The fraction of sp³-hybridized carbons (Fsp3) is 0.667. The standard InChI is InChI=1S/C18H29NO2/c1-13(2)21-12-16(20)11-19-10-6-9-18(19)17-8-5-7-14(3)15(17)4/h5,7-8,13,16,18,20H,6,9-12H2,1-4H3. The van der Waals surface area contributed by atoms with Gasteiger partial charge in [-0.25, -0.2) is 0 Å². The van der Waals surface area contributed by atoms with Gasteiger partial charge < -0.3 is 9.84 Å². The minimum atomic E-state index is -0.405. The molecule has 1 aliphatic heterocycles. The van der Waals surface area contributed by atoms with Crippen LogP contribution in [0.4, 0.5) is 0 Å². The number of aliphatic hydroxyl groups excluding tert-OH is 1. The number of rotatable bonds is 6. The molecule has 0 bridgehead atoms. The SMILES string of the molecule is Cc1cccc(C2CCCN2CC(O)COC(C)C)c1C. The molecule has 0 saturated carbocycles. The van der Waals surface area contributed by atoms with E-state index in [0.29, 0.717) is 19.2 Å². The van der Waals surface area contributed by atoms with Gasteiger partial charge in [0.1, 0.15) is 0 Å². The third-order valence-corrected chi connectivity index (χ3v) is 4.44. The first-order valence-corrected chi connectivity index (χ1v) is 8.09. The van der Waals surface area contributed by atoms with E-state index in [-0.39, 0.29) is 6.10 Å². The Hall–Kier alpha value is -0.900. The van der Waals surface area contributed by atoms with Crippen molar-refractivity contribution in [1.29, 1.82) is 0 Å². The Morgan fingerprint density at radius 2 is 2.10 bits per heavy atom. The molecule has 1 aromatic rings. The molecule has 1 heterocycles. The van der Waals surface area contributed by atoms with E-state index < -0.39 is 6.10 Å². The molecule has 1 aromatic carbocycles. The van der Waals surface area contributed by atoms with E-state index in [4.69, 9.17) is 4.74 Å². The number of β-amino-alcohol motifs (C(OH)–C–C–N with tert-alkyl or cyclic N) is 1. The van der Waals surface area contributed by atoms with Crippen LogP contribution >= 0.6 is 0 Å². The largest absolute Gasteiger partial charge is 0.389 e. The summed E-state index contributed by atoms with van der Waals surface area (Å²) in [4.78, 5) is 2.41. The molecule has 0 spiro atoms. The maximum absolute atomic E-state index is 10.2. The van der Waals surface area contributed by atoms with Crippen molar-refractivity contribution < 1.29 is 9.84 Å². The molecule has 1 aliphatic rings. The summed E-state index contributed by atoms with van der Waals surface area (Å²) >= 11 is 0. The number of hydrogen-bond donors (Lipinski definition) is 1. The van der Waals surface area contributed by atoms with Crippen molar-refractivity contribution in [3.63, 3.8) is 0 Å². The zero-order valence-electron chi connectivity index (χ0n) is 13.8. The summed E-state index contributed by atoms with van der Waals surface area (Å²) < 4.78 is 5.52. The van der Waals surface area contributed by atoms with Gasteiger partial charge in [0.05, 0.1) is 18.8 Å². The lowest BCUT2D eigenvalue weighted by molar-refractivity contribution is -0.0102. The molecule has 0 aliphatic carbocycles. The van der Waals surface area contributed by atoms with Crippen molar-refractivity contribution in [2.75, 3.05) is 19.7 Å². The number of aryl methyl sites for hydroxylation is 1.